The van der Waals surface area contributed by atoms with E-state index >= 15 is 0 Å². The zero-order valence-electron chi connectivity index (χ0n) is 17.3. The normalized spacial score (nSPS) is 13.5. The molecule has 0 bridgehead atoms. The van der Waals surface area contributed by atoms with Crippen molar-refractivity contribution in [1.29, 1.82) is 0 Å². The summed E-state index contributed by atoms with van der Waals surface area (Å²) in [5.41, 5.74) is 3.61. The fourth-order valence-electron chi connectivity index (χ4n) is 4.14. The molecule has 1 amide bonds. The van der Waals surface area contributed by atoms with E-state index in [4.69, 9.17) is 0 Å². The van der Waals surface area contributed by atoms with Gasteiger partial charge in [0.15, 0.2) is 5.82 Å². The third-order valence-electron chi connectivity index (χ3n) is 5.78. The Kier molecular flexibility index (Phi) is 5.31. The molecule has 0 radical (unpaired) electrons. The molecule has 1 aromatic heterocycles. The largest absolute Gasteiger partial charge is 0.355 e. The molecule has 0 atom stereocenters. The van der Waals surface area contributed by atoms with E-state index in [1.807, 2.05) is 60.7 Å². The van der Waals surface area contributed by atoms with Crippen molar-refractivity contribution < 1.29 is 4.79 Å². The first-order valence-corrected chi connectivity index (χ1v) is 10.7. The van der Waals surface area contributed by atoms with Crippen LogP contribution in [0.3, 0.4) is 0 Å². The summed E-state index contributed by atoms with van der Waals surface area (Å²) in [7, 11) is 0. The summed E-state index contributed by atoms with van der Waals surface area (Å²) in [5, 5.41) is 14.0. The van der Waals surface area contributed by atoms with Gasteiger partial charge in [-0.1, -0.05) is 54.6 Å². The molecular weight excluding hydrogens is 384 g/mol. The lowest BCUT2D eigenvalue weighted by atomic mass is 10.0. The number of rotatable bonds is 5. The second kappa shape index (κ2) is 8.56. The number of fused-ring (bicyclic) bond motifs is 1. The van der Waals surface area contributed by atoms with Gasteiger partial charge in [-0.05, 0) is 53.4 Å². The lowest BCUT2D eigenvalue weighted by molar-refractivity contribution is -0.115. The number of hydrogen-bond acceptors (Lipinski definition) is 4. The molecule has 3 aromatic carbocycles. The molecule has 5 nitrogen and oxygen atoms in total. The second-order valence-corrected chi connectivity index (χ2v) is 7.91. The van der Waals surface area contributed by atoms with Crippen molar-refractivity contribution in [2.45, 2.75) is 19.3 Å². The third kappa shape index (κ3) is 4.26. The van der Waals surface area contributed by atoms with Gasteiger partial charge in [-0.3, -0.25) is 4.79 Å². The van der Waals surface area contributed by atoms with E-state index in [1.165, 1.54) is 12.8 Å². The van der Waals surface area contributed by atoms with Crippen molar-refractivity contribution in [3.8, 4) is 11.3 Å². The van der Waals surface area contributed by atoms with Crippen LogP contribution in [-0.4, -0.2) is 29.2 Å². The van der Waals surface area contributed by atoms with Crippen molar-refractivity contribution in [3.05, 3.63) is 84.4 Å². The zero-order valence-corrected chi connectivity index (χ0v) is 17.3. The molecule has 1 saturated heterocycles. The topological polar surface area (TPSA) is 58.1 Å². The van der Waals surface area contributed by atoms with Gasteiger partial charge in [0.1, 0.15) is 0 Å². The highest BCUT2D eigenvalue weighted by Gasteiger charge is 2.14. The molecule has 1 aliphatic rings. The summed E-state index contributed by atoms with van der Waals surface area (Å²) >= 11 is 0. The number of carbonyl (C=O) groups is 1. The number of hydrogen-bond donors (Lipinski definition) is 1. The van der Waals surface area contributed by atoms with Crippen LogP contribution in [0.1, 0.15) is 18.4 Å². The van der Waals surface area contributed by atoms with Gasteiger partial charge < -0.3 is 10.2 Å². The van der Waals surface area contributed by atoms with E-state index in [9.17, 15) is 4.79 Å². The summed E-state index contributed by atoms with van der Waals surface area (Å²) in [4.78, 5) is 14.9. The van der Waals surface area contributed by atoms with E-state index in [1.54, 1.807) is 0 Å². The molecule has 4 aromatic rings. The first-order chi connectivity index (χ1) is 15.3. The lowest BCUT2D eigenvalue weighted by Crippen LogP contribution is -2.19. The van der Waals surface area contributed by atoms with Crippen LogP contribution in [0, 0.1) is 0 Å². The van der Waals surface area contributed by atoms with Crippen molar-refractivity contribution in [2.24, 2.45) is 0 Å². The van der Waals surface area contributed by atoms with Crippen molar-refractivity contribution in [1.82, 2.24) is 10.2 Å². The van der Waals surface area contributed by atoms with E-state index in [0.717, 1.165) is 52.2 Å². The Labute approximate surface area is 181 Å². The molecule has 0 aliphatic carbocycles. The molecule has 1 fully saturated rings. The van der Waals surface area contributed by atoms with Crippen LogP contribution >= 0.6 is 0 Å². The summed E-state index contributed by atoms with van der Waals surface area (Å²) in [6, 6.07) is 26.0. The van der Waals surface area contributed by atoms with Crippen LogP contribution in [-0.2, 0) is 11.2 Å². The van der Waals surface area contributed by atoms with E-state index in [2.05, 4.69) is 38.6 Å². The smallest absolute Gasteiger partial charge is 0.228 e. The maximum Gasteiger partial charge on any atom is 0.228 e. The molecule has 31 heavy (non-hydrogen) atoms. The number of nitrogens with zero attached hydrogens (tertiary/aromatic N) is 3. The minimum atomic E-state index is -0.0288. The van der Waals surface area contributed by atoms with Crippen molar-refractivity contribution in [3.63, 3.8) is 0 Å². The van der Waals surface area contributed by atoms with E-state index < -0.39 is 0 Å². The molecule has 0 unspecified atom stereocenters. The van der Waals surface area contributed by atoms with Crippen LogP contribution in [0.15, 0.2) is 78.9 Å². The van der Waals surface area contributed by atoms with Crippen LogP contribution in [0.5, 0.6) is 0 Å². The Morgan fingerprint density at radius 2 is 1.61 bits per heavy atom. The van der Waals surface area contributed by atoms with Crippen molar-refractivity contribution in [2.75, 3.05) is 23.3 Å². The molecule has 1 N–H and O–H groups in total. The number of anilines is 2. The monoisotopic (exact) mass is 408 g/mol. The van der Waals surface area contributed by atoms with Gasteiger partial charge in [0.25, 0.3) is 0 Å². The third-order valence-corrected chi connectivity index (χ3v) is 5.78. The van der Waals surface area contributed by atoms with E-state index in [-0.39, 0.29) is 5.91 Å². The molecule has 0 spiro atoms. The Morgan fingerprint density at radius 3 is 2.39 bits per heavy atom. The van der Waals surface area contributed by atoms with Gasteiger partial charge in [-0.25, -0.2) is 0 Å². The Morgan fingerprint density at radius 1 is 0.839 bits per heavy atom. The highest BCUT2D eigenvalue weighted by atomic mass is 16.1. The zero-order chi connectivity index (χ0) is 21.0. The van der Waals surface area contributed by atoms with Crippen molar-refractivity contribution >= 4 is 28.2 Å². The number of benzene rings is 3. The van der Waals surface area contributed by atoms with Crippen LogP contribution in [0.25, 0.3) is 22.0 Å². The van der Waals surface area contributed by atoms with E-state index in [0.29, 0.717) is 6.42 Å². The lowest BCUT2D eigenvalue weighted by Gasteiger charge is -2.15. The number of nitrogens with one attached hydrogen (secondary N) is 1. The molecule has 154 valence electrons. The molecule has 0 saturated carbocycles. The molecule has 5 rings (SSSR count). The average molecular weight is 409 g/mol. The standard InChI is InChI=1S/C26H24N4O/c31-26(18-21-8-5-7-19-6-1-2-9-23(19)21)27-22-12-10-20(11-13-22)24-14-15-25(29-28-24)30-16-3-4-17-30/h1-2,5-15H,3-4,16-18H2,(H,27,31). The number of carbonyl (C=O) groups excluding carboxylic acids is 1. The maximum atomic E-state index is 12.6. The average Bonchev–Trinajstić information content (AvgIpc) is 3.35. The first-order valence-electron chi connectivity index (χ1n) is 10.7. The Bertz CT molecular complexity index is 1190. The maximum absolute atomic E-state index is 12.6. The number of aromatic nitrogens is 2. The number of amides is 1. The highest BCUT2D eigenvalue weighted by Crippen LogP contribution is 2.23. The fraction of sp³-hybridized carbons (Fsp3) is 0.192. The predicted molar refractivity (Wildman–Crippen MR) is 125 cm³/mol. The van der Waals surface area contributed by atoms with Crippen LogP contribution in [0.4, 0.5) is 11.5 Å². The quantitative estimate of drug-likeness (QED) is 0.500. The minimum Gasteiger partial charge on any atom is -0.355 e. The fourth-order valence-corrected chi connectivity index (χ4v) is 4.14. The summed E-state index contributed by atoms with van der Waals surface area (Å²) < 4.78 is 0. The second-order valence-electron chi connectivity index (χ2n) is 7.91. The van der Waals surface area contributed by atoms with Gasteiger partial charge in [-0.2, -0.15) is 0 Å². The summed E-state index contributed by atoms with van der Waals surface area (Å²) in [6.07, 6.45) is 2.78. The molecular formula is C26H24N4O. The highest BCUT2D eigenvalue weighted by molar-refractivity contribution is 5.96. The van der Waals surface area contributed by atoms with Crippen LogP contribution < -0.4 is 10.2 Å². The Hall–Kier alpha value is -3.73. The molecule has 2 heterocycles. The predicted octanol–water partition coefficient (Wildman–Crippen LogP) is 5.08. The minimum absolute atomic E-state index is 0.0288. The first kappa shape index (κ1) is 19.2. The molecule has 5 heteroatoms. The van der Waals surface area contributed by atoms with Gasteiger partial charge in [0.05, 0.1) is 12.1 Å². The Balaban J connectivity index is 1.25. The summed E-state index contributed by atoms with van der Waals surface area (Å²) in [6.45, 7) is 2.11. The van der Waals surface area contributed by atoms with Gasteiger partial charge in [0.2, 0.25) is 5.91 Å². The van der Waals surface area contributed by atoms with Gasteiger partial charge in [-0.15, -0.1) is 10.2 Å². The van der Waals surface area contributed by atoms with Crippen LogP contribution in [0.2, 0.25) is 0 Å². The van der Waals surface area contributed by atoms with Gasteiger partial charge in [0, 0.05) is 24.3 Å². The SMILES string of the molecule is O=C(Cc1cccc2ccccc12)Nc1ccc(-c2ccc(N3CCCC3)nn2)cc1. The summed E-state index contributed by atoms with van der Waals surface area (Å²) in [5.74, 6) is 0.914. The van der Waals surface area contributed by atoms with Gasteiger partial charge >= 0.3 is 0 Å². The molecule has 1 aliphatic heterocycles.